The Kier molecular flexibility index (Phi) is 9.35. The number of anilines is 1. The maximum atomic E-state index is 13.1. The molecule has 0 fully saturated rings. The van der Waals surface area contributed by atoms with Crippen LogP contribution in [0.25, 0.3) is 11.1 Å². The van der Waals surface area contributed by atoms with Crippen molar-refractivity contribution in [1.29, 1.82) is 5.41 Å². The topological polar surface area (TPSA) is 202 Å². The van der Waals surface area contributed by atoms with Crippen molar-refractivity contribution in [2.24, 2.45) is 11.7 Å². The van der Waals surface area contributed by atoms with Gasteiger partial charge in [0.1, 0.15) is 11.5 Å². The molecule has 3 rings (SSSR count). The lowest BCUT2D eigenvalue weighted by Crippen LogP contribution is -2.42. The Balaban J connectivity index is 1.91. The molecule has 40 heavy (non-hydrogen) atoms. The van der Waals surface area contributed by atoms with E-state index < -0.39 is 33.9 Å². The second kappa shape index (κ2) is 12.5. The molecule has 0 aliphatic rings. The molecule has 6 N–H and O–H groups in total. The Bertz CT molecular complexity index is 1550. The first-order valence-electron chi connectivity index (χ1n) is 12.0. The fraction of sp³-hybridized carbons (Fsp3) is 0.222. The predicted octanol–water partition coefficient (Wildman–Crippen LogP) is 2.71. The number of rotatable bonds is 11. The highest BCUT2D eigenvalue weighted by atomic mass is 32.2. The molecule has 0 radical (unpaired) electrons. The standard InChI is InChI=1S/C27H29N5O7S/c1-15(2)22(14-39-40(3,37)38)32-25(33)17-8-11-19(21(13-17)27(35)36)20-5-4-12-30-23(20)26(34)31-18-9-6-16(7-10-18)24(28)29/h4-13,15,22H,14H2,1-3H3,(H3,28,29)(H,31,34)(H,32,33)(H,35,36)/t22-/m1/s1. The zero-order chi connectivity index (χ0) is 29.6. The van der Waals surface area contributed by atoms with Crippen LogP contribution < -0.4 is 16.4 Å². The summed E-state index contributed by atoms with van der Waals surface area (Å²) in [5.41, 5.74) is 6.48. The molecule has 0 aliphatic heterocycles. The van der Waals surface area contributed by atoms with Gasteiger partial charge in [0.05, 0.1) is 24.5 Å². The van der Waals surface area contributed by atoms with Crippen LogP contribution in [0.3, 0.4) is 0 Å². The number of aromatic nitrogens is 1. The van der Waals surface area contributed by atoms with Crippen LogP contribution in [-0.2, 0) is 14.3 Å². The molecule has 0 bridgehead atoms. The summed E-state index contributed by atoms with van der Waals surface area (Å²) in [5, 5.41) is 22.8. The largest absolute Gasteiger partial charge is 0.478 e. The molecule has 0 unspecified atom stereocenters. The van der Waals surface area contributed by atoms with Gasteiger partial charge in [0.2, 0.25) is 0 Å². The number of benzene rings is 2. The number of carboxylic acids is 1. The summed E-state index contributed by atoms with van der Waals surface area (Å²) in [5.74, 6) is -2.86. The van der Waals surface area contributed by atoms with Crippen molar-refractivity contribution in [1.82, 2.24) is 10.3 Å². The quantitative estimate of drug-likeness (QED) is 0.131. The van der Waals surface area contributed by atoms with Gasteiger partial charge in [-0.3, -0.25) is 24.2 Å². The Morgan fingerprint density at radius 3 is 2.25 bits per heavy atom. The fourth-order valence-electron chi connectivity index (χ4n) is 3.67. The summed E-state index contributed by atoms with van der Waals surface area (Å²) in [6, 6.07) is 12.7. The first-order chi connectivity index (χ1) is 18.8. The van der Waals surface area contributed by atoms with Gasteiger partial charge in [-0.1, -0.05) is 26.0 Å². The second-order valence-corrected chi connectivity index (χ2v) is 10.9. The molecule has 13 heteroatoms. The van der Waals surface area contributed by atoms with Crippen molar-refractivity contribution in [3.63, 3.8) is 0 Å². The summed E-state index contributed by atoms with van der Waals surface area (Å²) in [4.78, 5) is 42.4. The van der Waals surface area contributed by atoms with E-state index in [1.165, 1.54) is 24.4 Å². The Morgan fingerprint density at radius 1 is 1.02 bits per heavy atom. The third-order valence-electron chi connectivity index (χ3n) is 5.86. The van der Waals surface area contributed by atoms with Gasteiger partial charge in [0.15, 0.2) is 0 Å². The molecule has 0 saturated heterocycles. The number of pyridine rings is 1. The van der Waals surface area contributed by atoms with Gasteiger partial charge >= 0.3 is 5.97 Å². The number of amides is 2. The van der Waals surface area contributed by atoms with Crippen molar-refractivity contribution in [2.75, 3.05) is 18.2 Å². The molecule has 1 heterocycles. The van der Waals surface area contributed by atoms with Gasteiger partial charge in [-0.2, -0.15) is 8.42 Å². The minimum Gasteiger partial charge on any atom is -0.478 e. The molecule has 210 valence electrons. The van der Waals surface area contributed by atoms with Gasteiger partial charge in [-0.25, -0.2) is 4.79 Å². The van der Waals surface area contributed by atoms with E-state index in [9.17, 15) is 27.9 Å². The van der Waals surface area contributed by atoms with Crippen LogP contribution in [0.15, 0.2) is 60.8 Å². The molecule has 2 aromatic carbocycles. The number of nitrogens with two attached hydrogens (primary N) is 1. The number of nitrogens with one attached hydrogen (secondary N) is 3. The third kappa shape index (κ3) is 7.71. The van der Waals surface area contributed by atoms with Gasteiger partial charge < -0.3 is 21.5 Å². The maximum Gasteiger partial charge on any atom is 0.336 e. The van der Waals surface area contributed by atoms with Crippen LogP contribution in [0, 0.1) is 11.3 Å². The van der Waals surface area contributed by atoms with E-state index in [1.54, 1.807) is 50.2 Å². The van der Waals surface area contributed by atoms with Crippen molar-refractivity contribution in [3.05, 3.63) is 83.2 Å². The van der Waals surface area contributed by atoms with E-state index in [2.05, 4.69) is 15.6 Å². The lowest BCUT2D eigenvalue weighted by molar-refractivity contribution is 0.0697. The molecule has 1 atom stereocenters. The number of aromatic carboxylic acids is 1. The average Bonchev–Trinajstić information content (AvgIpc) is 2.90. The lowest BCUT2D eigenvalue weighted by Gasteiger charge is -2.22. The highest BCUT2D eigenvalue weighted by molar-refractivity contribution is 7.85. The number of carboxylic acid groups (broad SMARTS) is 1. The molecule has 3 aromatic rings. The summed E-state index contributed by atoms with van der Waals surface area (Å²) in [6.45, 7) is 3.27. The normalized spacial score (nSPS) is 12.0. The monoisotopic (exact) mass is 567 g/mol. The molecule has 0 aliphatic carbocycles. The molecular formula is C27H29N5O7S. The first kappa shape index (κ1) is 29.9. The van der Waals surface area contributed by atoms with Crippen LogP contribution >= 0.6 is 0 Å². The van der Waals surface area contributed by atoms with E-state index >= 15 is 0 Å². The maximum absolute atomic E-state index is 13.1. The minimum atomic E-state index is -3.73. The molecule has 0 saturated carbocycles. The smallest absolute Gasteiger partial charge is 0.336 e. The first-order valence-corrected chi connectivity index (χ1v) is 13.8. The number of hydrogen-bond donors (Lipinski definition) is 5. The van der Waals surface area contributed by atoms with Crippen molar-refractivity contribution in [3.8, 4) is 11.1 Å². The fourth-order valence-corrected chi connectivity index (χ4v) is 4.07. The summed E-state index contributed by atoms with van der Waals surface area (Å²) < 4.78 is 27.6. The molecule has 12 nitrogen and oxygen atoms in total. The highest BCUT2D eigenvalue weighted by Crippen LogP contribution is 2.28. The number of nitrogens with zero attached hydrogens (tertiary/aromatic N) is 1. The van der Waals surface area contributed by atoms with Crippen LogP contribution in [0.2, 0.25) is 0 Å². The van der Waals surface area contributed by atoms with Crippen molar-refractivity contribution in [2.45, 2.75) is 19.9 Å². The third-order valence-corrected chi connectivity index (χ3v) is 6.43. The van der Waals surface area contributed by atoms with Gasteiger partial charge in [0, 0.05) is 28.6 Å². The zero-order valence-electron chi connectivity index (χ0n) is 22.0. The summed E-state index contributed by atoms with van der Waals surface area (Å²) in [6.07, 6.45) is 2.30. The van der Waals surface area contributed by atoms with Gasteiger partial charge in [0.25, 0.3) is 21.9 Å². The lowest BCUT2D eigenvalue weighted by atomic mass is 9.95. The molecule has 1 aromatic heterocycles. The Labute approximate surface area is 231 Å². The molecule has 0 spiro atoms. The summed E-state index contributed by atoms with van der Waals surface area (Å²) >= 11 is 0. The Hall–Kier alpha value is -4.62. The van der Waals surface area contributed by atoms with Crippen molar-refractivity contribution >= 4 is 39.4 Å². The van der Waals surface area contributed by atoms with E-state index in [-0.39, 0.29) is 46.3 Å². The van der Waals surface area contributed by atoms with Crippen LogP contribution in [0.4, 0.5) is 5.69 Å². The molecular weight excluding hydrogens is 538 g/mol. The van der Waals surface area contributed by atoms with Crippen LogP contribution in [-0.4, -0.2) is 61.0 Å². The molecule has 2 amide bonds. The number of nitrogen functional groups attached to an aromatic ring is 1. The van der Waals surface area contributed by atoms with Crippen LogP contribution in [0.1, 0.15) is 50.6 Å². The Morgan fingerprint density at radius 2 is 1.68 bits per heavy atom. The highest BCUT2D eigenvalue weighted by Gasteiger charge is 2.23. The number of carbonyl (C=O) groups excluding carboxylic acids is 2. The summed E-state index contributed by atoms with van der Waals surface area (Å²) in [7, 11) is -3.73. The van der Waals surface area contributed by atoms with Gasteiger partial charge in [-0.05, 0) is 53.9 Å². The van der Waals surface area contributed by atoms with E-state index in [0.717, 1.165) is 6.26 Å². The second-order valence-electron chi connectivity index (χ2n) is 9.22. The van der Waals surface area contributed by atoms with E-state index in [0.29, 0.717) is 11.3 Å². The number of carbonyl (C=O) groups is 3. The SMILES string of the molecule is CC(C)[C@@H](COS(C)(=O)=O)NC(=O)c1ccc(-c2cccnc2C(=O)Nc2ccc(C(=N)N)cc2)c(C(=O)O)c1. The van der Waals surface area contributed by atoms with E-state index in [1.807, 2.05) is 0 Å². The predicted molar refractivity (Wildman–Crippen MR) is 149 cm³/mol. The average molecular weight is 568 g/mol. The van der Waals surface area contributed by atoms with Crippen molar-refractivity contribution < 1.29 is 32.1 Å². The van der Waals surface area contributed by atoms with Crippen LogP contribution in [0.5, 0.6) is 0 Å². The zero-order valence-corrected chi connectivity index (χ0v) is 22.8. The minimum absolute atomic E-state index is 0.0200. The van der Waals surface area contributed by atoms with E-state index in [4.69, 9.17) is 15.3 Å². The van der Waals surface area contributed by atoms with Gasteiger partial charge in [-0.15, -0.1) is 0 Å². The number of hydrogen-bond acceptors (Lipinski definition) is 8. The number of amidine groups is 1.